The first kappa shape index (κ1) is 9.01. The second-order valence-electron chi connectivity index (χ2n) is 3.85. The fourth-order valence-electron chi connectivity index (χ4n) is 1.70. The molecule has 2 nitrogen and oxygen atoms in total. The summed E-state index contributed by atoms with van der Waals surface area (Å²) in [6, 6.07) is 0. The van der Waals surface area contributed by atoms with E-state index in [1.54, 1.807) is 0 Å². The van der Waals surface area contributed by atoms with Crippen molar-refractivity contribution in [3.05, 3.63) is 0 Å². The van der Waals surface area contributed by atoms with Crippen LogP contribution < -0.4 is 5.73 Å². The molecule has 1 fully saturated rings. The first-order chi connectivity index (χ1) is 5.15. The van der Waals surface area contributed by atoms with Gasteiger partial charge in [-0.25, -0.2) is 0 Å². The van der Waals surface area contributed by atoms with Gasteiger partial charge in [-0.05, 0) is 39.3 Å². The van der Waals surface area contributed by atoms with Gasteiger partial charge in [0.1, 0.15) is 0 Å². The average molecular weight is 156 g/mol. The van der Waals surface area contributed by atoms with Gasteiger partial charge in [-0.2, -0.15) is 0 Å². The van der Waals surface area contributed by atoms with Gasteiger partial charge in [-0.1, -0.05) is 6.92 Å². The van der Waals surface area contributed by atoms with Gasteiger partial charge in [-0.3, -0.25) is 4.90 Å². The highest BCUT2D eigenvalue weighted by atomic mass is 15.2. The fourth-order valence-corrected chi connectivity index (χ4v) is 1.70. The number of rotatable bonds is 4. The van der Waals surface area contributed by atoms with Gasteiger partial charge < -0.3 is 5.73 Å². The Morgan fingerprint density at radius 2 is 2.09 bits per heavy atom. The number of hydrogen-bond acceptors (Lipinski definition) is 2. The third kappa shape index (κ3) is 1.57. The maximum Gasteiger partial charge on any atom is 0.0328 e. The molecule has 0 bridgehead atoms. The van der Waals surface area contributed by atoms with Crippen molar-refractivity contribution in [1.82, 2.24) is 4.90 Å². The van der Waals surface area contributed by atoms with Crippen molar-refractivity contribution in [2.45, 2.75) is 32.2 Å². The lowest BCUT2D eigenvalue weighted by atomic mass is 9.94. The molecule has 0 aromatic carbocycles. The van der Waals surface area contributed by atoms with E-state index in [1.807, 2.05) is 0 Å². The van der Waals surface area contributed by atoms with Crippen molar-refractivity contribution < 1.29 is 0 Å². The summed E-state index contributed by atoms with van der Waals surface area (Å²) >= 11 is 0. The van der Waals surface area contributed by atoms with Crippen molar-refractivity contribution in [3.63, 3.8) is 0 Å². The van der Waals surface area contributed by atoms with Gasteiger partial charge in [0.2, 0.25) is 0 Å². The summed E-state index contributed by atoms with van der Waals surface area (Å²) in [7, 11) is 2.17. The van der Waals surface area contributed by atoms with Gasteiger partial charge in [0.25, 0.3) is 0 Å². The highest BCUT2D eigenvalue weighted by Crippen LogP contribution is 2.41. The van der Waals surface area contributed by atoms with Crippen LogP contribution in [0.3, 0.4) is 0 Å². The fraction of sp³-hybridized carbons (Fsp3) is 1.00. The SMILES string of the molecule is CCN(C)C(C)(CN)C1CC1. The van der Waals surface area contributed by atoms with Gasteiger partial charge in [0.15, 0.2) is 0 Å². The van der Waals surface area contributed by atoms with E-state index in [-0.39, 0.29) is 5.54 Å². The Morgan fingerprint density at radius 3 is 2.36 bits per heavy atom. The molecule has 0 saturated heterocycles. The zero-order valence-electron chi connectivity index (χ0n) is 7.93. The van der Waals surface area contributed by atoms with E-state index in [2.05, 4.69) is 25.8 Å². The van der Waals surface area contributed by atoms with E-state index in [9.17, 15) is 0 Å². The van der Waals surface area contributed by atoms with Crippen molar-refractivity contribution in [1.29, 1.82) is 0 Å². The van der Waals surface area contributed by atoms with Crippen LogP contribution in [-0.4, -0.2) is 30.6 Å². The van der Waals surface area contributed by atoms with Crippen molar-refractivity contribution in [3.8, 4) is 0 Å². The van der Waals surface area contributed by atoms with Crippen molar-refractivity contribution in [2.24, 2.45) is 11.7 Å². The van der Waals surface area contributed by atoms with Gasteiger partial charge in [0.05, 0.1) is 0 Å². The third-order valence-electron chi connectivity index (χ3n) is 3.22. The normalized spacial score (nSPS) is 23.7. The molecule has 0 radical (unpaired) electrons. The lowest BCUT2D eigenvalue weighted by Crippen LogP contribution is -2.51. The highest BCUT2D eigenvalue weighted by molar-refractivity contribution is 4.98. The predicted molar refractivity (Wildman–Crippen MR) is 48.5 cm³/mol. The Morgan fingerprint density at radius 1 is 1.55 bits per heavy atom. The molecule has 0 heterocycles. The molecule has 0 aliphatic heterocycles. The molecule has 1 atom stereocenters. The third-order valence-corrected chi connectivity index (χ3v) is 3.22. The van der Waals surface area contributed by atoms with E-state index >= 15 is 0 Å². The molecule has 1 aliphatic carbocycles. The largest absolute Gasteiger partial charge is 0.329 e. The summed E-state index contributed by atoms with van der Waals surface area (Å²) < 4.78 is 0. The first-order valence-corrected chi connectivity index (χ1v) is 4.56. The van der Waals surface area contributed by atoms with Crippen LogP contribution in [0, 0.1) is 5.92 Å². The molecule has 1 aliphatic rings. The zero-order valence-corrected chi connectivity index (χ0v) is 7.93. The van der Waals surface area contributed by atoms with E-state index in [0.29, 0.717) is 0 Å². The van der Waals surface area contributed by atoms with Gasteiger partial charge in [-0.15, -0.1) is 0 Å². The number of hydrogen-bond donors (Lipinski definition) is 1. The number of nitrogens with zero attached hydrogens (tertiary/aromatic N) is 1. The topological polar surface area (TPSA) is 29.3 Å². The Hall–Kier alpha value is -0.0800. The number of likely N-dealkylation sites (N-methyl/N-ethyl adjacent to an activating group) is 1. The van der Waals surface area contributed by atoms with Crippen LogP contribution in [-0.2, 0) is 0 Å². The summed E-state index contributed by atoms with van der Waals surface area (Å²) in [5.41, 5.74) is 6.06. The van der Waals surface area contributed by atoms with Crippen LogP contribution in [0.25, 0.3) is 0 Å². The molecule has 11 heavy (non-hydrogen) atoms. The maximum absolute atomic E-state index is 5.78. The van der Waals surface area contributed by atoms with Crippen LogP contribution >= 0.6 is 0 Å². The second kappa shape index (κ2) is 3.11. The smallest absolute Gasteiger partial charge is 0.0328 e. The monoisotopic (exact) mass is 156 g/mol. The number of nitrogens with two attached hydrogens (primary N) is 1. The van der Waals surface area contributed by atoms with E-state index in [1.165, 1.54) is 12.8 Å². The standard InChI is InChI=1S/C9H20N2/c1-4-11(3)9(2,7-10)8-5-6-8/h8H,4-7,10H2,1-3H3. The van der Waals surface area contributed by atoms with Crippen LogP contribution in [0.1, 0.15) is 26.7 Å². The molecule has 1 saturated carbocycles. The van der Waals surface area contributed by atoms with Crippen LogP contribution in [0.15, 0.2) is 0 Å². The minimum Gasteiger partial charge on any atom is -0.329 e. The quantitative estimate of drug-likeness (QED) is 0.659. The van der Waals surface area contributed by atoms with Crippen molar-refractivity contribution >= 4 is 0 Å². The molecular formula is C9H20N2. The Kier molecular flexibility index (Phi) is 2.55. The molecular weight excluding hydrogens is 136 g/mol. The van der Waals surface area contributed by atoms with Crippen molar-refractivity contribution in [2.75, 3.05) is 20.1 Å². The molecule has 66 valence electrons. The Balaban J connectivity index is 2.56. The summed E-state index contributed by atoms with van der Waals surface area (Å²) in [5.74, 6) is 0.859. The predicted octanol–water partition coefficient (Wildman–Crippen LogP) is 1.07. The van der Waals surface area contributed by atoms with E-state index in [0.717, 1.165) is 19.0 Å². The maximum atomic E-state index is 5.78. The minimum absolute atomic E-state index is 0.273. The zero-order chi connectivity index (χ0) is 8.48. The molecule has 1 rings (SSSR count). The highest BCUT2D eigenvalue weighted by Gasteiger charge is 2.42. The molecule has 2 N–H and O–H groups in total. The van der Waals surface area contributed by atoms with Crippen LogP contribution in [0.2, 0.25) is 0 Å². The lowest BCUT2D eigenvalue weighted by molar-refractivity contribution is 0.127. The lowest BCUT2D eigenvalue weighted by Gasteiger charge is -2.37. The summed E-state index contributed by atoms with van der Waals surface area (Å²) in [6.45, 7) is 6.37. The summed E-state index contributed by atoms with van der Waals surface area (Å²) in [6.07, 6.45) is 2.75. The molecule has 1 unspecified atom stereocenters. The molecule has 0 aromatic rings. The van der Waals surface area contributed by atoms with E-state index < -0.39 is 0 Å². The molecule has 0 spiro atoms. The molecule has 2 heteroatoms. The summed E-state index contributed by atoms with van der Waals surface area (Å²) in [5, 5.41) is 0. The van der Waals surface area contributed by atoms with E-state index in [4.69, 9.17) is 5.73 Å². The van der Waals surface area contributed by atoms with Crippen LogP contribution in [0.5, 0.6) is 0 Å². The average Bonchev–Trinajstić information content (AvgIpc) is 2.84. The Labute approximate surface area is 69.8 Å². The first-order valence-electron chi connectivity index (χ1n) is 4.56. The Bertz CT molecular complexity index is 132. The second-order valence-corrected chi connectivity index (χ2v) is 3.85. The molecule has 0 aromatic heterocycles. The summed E-state index contributed by atoms with van der Waals surface area (Å²) in [4.78, 5) is 2.38. The van der Waals surface area contributed by atoms with Gasteiger partial charge >= 0.3 is 0 Å². The molecule has 0 amide bonds. The van der Waals surface area contributed by atoms with Crippen LogP contribution in [0.4, 0.5) is 0 Å². The minimum atomic E-state index is 0.273. The van der Waals surface area contributed by atoms with Gasteiger partial charge in [0, 0.05) is 12.1 Å².